The van der Waals surface area contributed by atoms with Gasteiger partial charge in [0.2, 0.25) is 0 Å². The number of hydrogen-bond donors (Lipinski definition) is 2. The minimum Gasteiger partial charge on any atom is -0.352 e. The first-order chi connectivity index (χ1) is 7.54. The van der Waals surface area contributed by atoms with E-state index in [0.717, 1.165) is 0 Å². The van der Waals surface area contributed by atoms with E-state index < -0.39 is 5.82 Å². The van der Waals surface area contributed by atoms with Crippen molar-refractivity contribution in [1.29, 1.82) is 0 Å². The summed E-state index contributed by atoms with van der Waals surface area (Å²) in [7, 11) is 0. The number of nitrogens with one attached hydrogen (secondary N) is 1. The lowest BCUT2D eigenvalue weighted by atomic mass is 10.1. The maximum Gasteiger partial charge on any atom is 0.252 e. The van der Waals surface area contributed by atoms with Crippen molar-refractivity contribution in [3.05, 3.63) is 34.1 Å². The number of carbonyl (C=O) groups is 1. The van der Waals surface area contributed by atoms with Crippen LogP contribution in [0.4, 0.5) is 4.39 Å². The van der Waals surface area contributed by atoms with Crippen molar-refractivity contribution in [1.82, 2.24) is 5.32 Å². The average Bonchev–Trinajstić information content (AvgIpc) is 2.28. The van der Waals surface area contributed by atoms with Crippen LogP contribution in [-0.2, 0) is 0 Å². The largest absolute Gasteiger partial charge is 0.352 e. The van der Waals surface area contributed by atoms with Crippen LogP contribution >= 0.6 is 15.9 Å². The number of amides is 1. The van der Waals surface area contributed by atoms with Crippen LogP contribution in [0.15, 0.2) is 22.7 Å². The quantitative estimate of drug-likeness (QED) is 0.889. The molecule has 1 aromatic carbocycles. The van der Waals surface area contributed by atoms with E-state index in [1.54, 1.807) is 0 Å². The molecule has 88 valence electrons. The van der Waals surface area contributed by atoms with Crippen molar-refractivity contribution in [2.45, 2.75) is 6.92 Å². The normalized spacial score (nSPS) is 12.2. The van der Waals surface area contributed by atoms with Gasteiger partial charge < -0.3 is 11.1 Å². The second kappa shape index (κ2) is 5.96. The molecule has 0 aliphatic rings. The highest BCUT2D eigenvalue weighted by Gasteiger charge is 2.11. The number of rotatable bonds is 4. The van der Waals surface area contributed by atoms with Crippen molar-refractivity contribution in [2.75, 3.05) is 13.1 Å². The second-order valence-electron chi connectivity index (χ2n) is 3.68. The van der Waals surface area contributed by atoms with E-state index in [4.69, 9.17) is 5.73 Å². The van der Waals surface area contributed by atoms with Crippen LogP contribution in [0.1, 0.15) is 17.3 Å². The van der Waals surface area contributed by atoms with Crippen LogP contribution in [0.2, 0.25) is 0 Å². The van der Waals surface area contributed by atoms with Crippen LogP contribution in [0.3, 0.4) is 0 Å². The molecule has 5 heteroatoms. The molecule has 1 unspecified atom stereocenters. The van der Waals surface area contributed by atoms with Crippen molar-refractivity contribution in [3.8, 4) is 0 Å². The molecule has 3 nitrogen and oxygen atoms in total. The second-order valence-corrected chi connectivity index (χ2v) is 4.53. The van der Waals surface area contributed by atoms with Crippen LogP contribution in [0.25, 0.3) is 0 Å². The summed E-state index contributed by atoms with van der Waals surface area (Å²) in [4.78, 5) is 11.7. The van der Waals surface area contributed by atoms with Gasteiger partial charge >= 0.3 is 0 Å². The fraction of sp³-hybridized carbons (Fsp3) is 0.364. The molecule has 1 atom stereocenters. The van der Waals surface area contributed by atoms with Crippen molar-refractivity contribution in [3.63, 3.8) is 0 Å². The van der Waals surface area contributed by atoms with E-state index in [1.807, 2.05) is 6.92 Å². The SMILES string of the molecule is CC(CN)CNC(=O)c1cc(F)ccc1Br. The van der Waals surface area contributed by atoms with Gasteiger partial charge in [0, 0.05) is 11.0 Å². The Kier molecular flexibility index (Phi) is 4.89. The molecule has 0 spiro atoms. The summed E-state index contributed by atoms with van der Waals surface area (Å²) < 4.78 is 13.5. The molecule has 0 saturated heterocycles. The van der Waals surface area contributed by atoms with Gasteiger partial charge in [0.05, 0.1) is 5.56 Å². The number of carbonyl (C=O) groups excluding carboxylic acids is 1. The van der Waals surface area contributed by atoms with E-state index in [9.17, 15) is 9.18 Å². The van der Waals surface area contributed by atoms with Gasteiger partial charge in [0.25, 0.3) is 5.91 Å². The van der Waals surface area contributed by atoms with E-state index in [1.165, 1.54) is 18.2 Å². The zero-order valence-corrected chi connectivity index (χ0v) is 10.6. The van der Waals surface area contributed by atoms with Gasteiger partial charge in [-0.25, -0.2) is 4.39 Å². The van der Waals surface area contributed by atoms with Gasteiger partial charge in [-0.1, -0.05) is 6.92 Å². The number of hydrogen-bond acceptors (Lipinski definition) is 2. The lowest BCUT2D eigenvalue weighted by Gasteiger charge is -2.10. The highest BCUT2D eigenvalue weighted by atomic mass is 79.9. The van der Waals surface area contributed by atoms with Crippen molar-refractivity contribution >= 4 is 21.8 Å². The number of nitrogens with two attached hydrogens (primary N) is 1. The summed E-state index contributed by atoms with van der Waals surface area (Å²) in [6.07, 6.45) is 0. The Labute approximate surface area is 102 Å². The van der Waals surface area contributed by atoms with Crippen LogP contribution in [-0.4, -0.2) is 19.0 Å². The Morgan fingerprint density at radius 1 is 1.62 bits per heavy atom. The minimum absolute atomic E-state index is 0.205. The van der Waals surface area contributed by atoms with Crippen molar-refractivity contribution < 1.29 is 9.18 Å². The van der Waals surface area contributed by atoms with Gasteiger partial charge in [-0.2, -0.15) is 0 Å². The third-order valence-corrected chi connectivity index (χ3v) is 2.88. The van der Waals surface area contributed by atoms with Gasteiger partial charge in [-0.15, -0.1) is 0 Å². The predicted molar refractivity (Wildman–Crippen MR) is 64.7 cm³/mol. The lowest BCUT2D eigenvalue weighted by Crippen LogP contribution is -2.31. The van der Waals surface area contributed by atoms with Crippen LogP contribution in [0.5, 0.6) is 0 Å². The Morgan fingerprint density at radius 3 is 2.94 bits per heavy atom. The van der Waals surface area contributed by atoms with Crippen molar-refractivity contribution in [2.24, 2.45) is 11.7 Å². The van der Waals surface area contributed by atoms with E-state index in [-0.39, 0.29) is 11.8 Å². The van der Waals surface area contributed by atoms with Gasteiger partial charge in [0.15, 0.2) is 0 Å². The van der Waals surface area contributed by atoms with E-state index in [0.29, 0.717) is 23.1 Å². The van der Waals surface area contributed by atoms with Crippen LogP contribution in [0, 0.1) is 11.7 Å². The summed E-state index contributed by atoms with van der Waals surface area (Å²) in [5.41, 5.74) is 5.73. The third kappa shape index (κ3) is 3.57. The molecule has 1 rings (SSSR count). The molecule has 16 heavy (non-hydrogen) atoms. The van der Waals surface area contributed by atoms with Gasteiger partial charge in [-0.3, -0.25) is 4.79 Å². The first kappa shape index (κ1) is 13.1. The fourth-order valence-corrected chi connectivity index (χ4v) is 1.54. The highest BCUT2D eigenvalue weighted by molar-refractivity contribution is 9.10. The van der Waals surface area contributed by atoms with Crippen LogP contribution < -0.4 is 11.1 Å². The number of benzene rings is 1. The summed E-state index contributed by atoms with van der Waals surface area (Å²) in [5, 5.41) is 2.70. The molecule has 0 radical (unpaired) electrons. The Morgan fingerprint density at radius 2 is 2.31 bits per heavy atom. The first-order valence-electron chi connectivity index (χ1n) is 4.98. The molecule has 0 saturated carbocycles. The van der Waals surface area contributed by atoms with Gasteiger partial charge in [-0.05, 0) is 46.6 Å². The smallest absolute Gasteiger partial charge is 0.252 e. The molecular weight excluding hydrogens is 275 g/mol. The Hall–Kier alpha value is -0.940. The molecule has 0 aliphatic heterocycles. The molecule has 0 aromatic heterocycles. The summed E-state index contributed by atoms with van der Waals surface area (Å²) in [6, 6.07) is 4.01. The predicted octanol–water partition coefficient (Wildman–Crippen LogP) is 1.91. The summed E-state index contributed by atoms with van der Waals surface area (Å²) in [6.45, 7) is 2.92. The number of halogens is 2. The topological polar surface area (TPSA) is 55.1 Å². The third-order valence-electron chi connectivity index (χ3n) is 2.19. The Bertz CT molecular complexity index is 384. The molecule has 3 N–H and O–H groups in total. The monoisotopic (exact) mass is 288 g/mol. The van der Waals surface area contributed by atoms with E-state index in [2.05, 4.69) is 21.2 Å². The zero-order valence-electron chi connectivity index (χ0n) is 8.97. The standard InChI is InChI=1S/C11H14BrFN2O/c1-7(5-14)6-15-11(16)9-4-8(13)2-3-10(9)12/h2-4,7H,5-6,14H2,1H3,(H,15,16). The molecule has 0 heterocycles. The minimum atomic E-state index is -0.430. The van der Waals surface area contributed by atoms with Gasteiger partial charge in [0.1, 0.15) is 5.82 Å². The summed E-state index contributed by atoms with van der Waals surface area (Å²) >= 11 is 3.20. The maximum absolute atomic E-state index is 13.0. The summed E-state index contributed by atoms with van der Waals surface area (Å²) in [5.74, 6) is -0.525. The average molecular weight is 289 g/mol. The molecule has 1 aromatic rings. The highest BCUT2D eigenvalue weighted by Crippen LogP contribution is 2.17. The fourth-order valence-electron chi connectivity index (χ4n) is 1.12. The molecule has 0 aliphatic carbocycles. The maximum atomic E-state index is 13.0. The molecular formula is C11H14BrFN2O. The zero-order chi connectivity index (χ0) is 12.1. The molecule has 0 bridgehead atoms. The molecule has 0 fully saturated rings. The first-order valence-corrected chi connectivity index (χ1v) is 5.77. The lowest BCUT2D eigenvalue weighted by molar-refractivity contribution is 0.0947. The Balaban J connectivity index is 2.69. The molecule has 1 amide bonds. The van der Waals surface area contributed by atoms with E-state index >= 15 is 0 Å².